The molecule has 0 aliphatic heterocycles. The first kappa shape index (κ1) is 26.5. The third-order valence-electron chi connectivity index (χ3n) is 5.19. The van der Waals surface area contributed by atoms with Crippen LogP contribution in [-0.4, -0.2) is 25.6 Å². The second-order valence-corrected chi connectivity index (χ2v) is 11.3. The van der Waals surface area contributed by atoms with Gasteiger partial charge in [-0.05, 0) is 61.4 Å². The fourth-order valence-electron chi connectivity index (χ4n) is 3.29. The highest BCUT2D eigenvalue weighted by molar-refractivity contribution is 7.91. The lowest BCUT2D eigenvalue weighted by Crippen LogP contribution is -2.25. The molecule has 0 heterocycles. The molecule has 182 valence electrons. The van der Waals surface area contributed by atoms with Crippen LogP contribution < -0.4 is 4.74 Å². The van der Waals surface area contributed by atoms with Crippen LogP contribution in [0.3, 0.4) is 0 Å². The average molecular weight is 513 g/mol. The van der Waals surface area contributed by atoms with Gasteiger partial charge in [-0.2, -0.15) is 0 Å². The molecule has 0 saturated carbocycles. The van der Waals surface area contributed by atoms with Crippen LogP contribution in [0, 0.1) is 17.7 Å². The number of hydrogen-bond donors (Lipinski definition) is 0. The number of carbonyl (C=O) groups excluding carboxylic acids is 1. The third-order valence-corrected chi connectivity index (χ3v) is 7.25. The highest BCUT2D eigenvalue weighted by Crippen LogP contribution is 2.24. The topological polar surface area (TPSA) is 60.4 Å². The molecule has 0 aliphatic carbocycles. The number of carbonyl (C=O) groups is 1. The second kappa shape index (κ2) is 11.1. The molecule has 4 nitrogen and oxygen atoms in total. The van der Waals surface area contributed by atoms with Crippen molar-refractivity contribution in [1.82, 2.24) is 0 Å². The maximum Gasteiger partial charge on any atom is 0.178 e. The minimum Gasteiger partial charge on any atom is -0.475 e. The van der Waals surface area contributed by atoms with Gasteiger partial charge >= 0.3 is 0 Å². The molecule has 3 aromatic rings. The van der Waals surface area contributed by atoms with Gasteiger partial charge in [0.15, 0.2) is 15.4 Å². The van der Waals surface area contributed by atoms with E-state index < -0.39 is 21.3 Å². The fourth-order valence-corrected chi connectivity index (χ4v) is 4.29. The van der Waals surface area contributed by atoms with Gasteiger partial charge in [-0.1, -0.05) is 54.6 Å². The summed E-state index contributed by atoms with van der Waals surface area (Å²) in [7, 11) is -3.25. The van der Waals surface area contributed by atoms with Gasteiger partial charge in [-0.15, -0.1) is 0 Å². The van der Waals surface area contributed by atoms with Gasteiger partial charge in [0.25, 0.3) is 0 Å². The summed E-state index contributed by atoms with van der Waals surface area (Å²) in [5, 5.41) is 0.0279. The van der Waals surface area contributed by atoms with Crippen LogP contribution in [0.1, 0.15) is 37.5 Å². The van der Waals surface area contributed by atoms with E-state index in [4.69, 9.17) is 16.3 Å². The van der Waals surface area contributed by atoms with Crippen molar-refractivity contribution < 1.29 is 22.3 Å². The van der Waals surface area contributed by atoms with E-state index in [2.05, 4.69) is 11.8 Å². The minimum atomic E-state index is -3.25. The number of sulfone groups is 1. The first-order valence-corrected chi connectivity index (χ1v) is 13.1. The number of ether oxygens (including phenoxy) is 1. The predicted octanol–water partition coefficient (Wildman–Crippen LogP) is 5.84. The van der Waals surface area contributed by atoms with Crippen LogP contribution in [0.15, 0.2) is 71.6 Å². The lowest BCUT2D eigenvalue weighted by molar-refractivity contribution is -0.117. The lowest BCUT2D eigenvalue weighted by atomic mass is 10.0. The zero-order chi connectivity index (χ0) is 25.6. The summed E-state index contributed by atoms with van der Waals surface area (Å²) in [5.74, 6) is 5.92. The SMILES string of the molecule is CCS(=O)(=O)c1ccc(CC(=O)Cc2ccc(C#CC(C)(C)Oc3ccc(Cl)c(F)c3)cc2)cc1. The van der Waals surface area contributed by atoms with Crippen LogP contribution >= 0.6 is 11.6 Å². The Morgan fingerprint density at radius 3 is 2.09 bits per heavy atom. The Kier molecular flexibility index (Phi) is 8.37. The lowest BCUT2D eigenvalue weighted by Gasteiger charge is -2.20. The van der Waals surface area contributed by atoms with E-state index in [0.29, 0.717) is 5.75 Å². The number of halogens is 2. The first-order valence-electron chi connectivity index (χ1n) is 11.1. The molecule has 0 fully saturated rings. The van der Waals surface area contributed by atoms with Crippen LogP contribution in [0.4, 0.5) is 4.39 Å². The summed E-state index contributed by atoms with van der Waals surface area (Å²) in [5.41, 5.74) is 1.53. The molecule has 0 unspecified atom stereocenters. The fraction of sp³-hybridized carbons (Fsp3) is 0.250. The molecule has 3 rings (SSSR count). The molecule has 7 heteroatoms. The number of hydrogen-bond acceptors (Lipinski definition) is 4. The Morgan fingerprint density at radius 2 is 1.54 bits per heavy atom. The van der Waals surface area contributed by atoms with Crippen molar-refractivity contribution in [3.05, 3.63) is 94.3 Å². The van der Waals surface area contributed by atoms with Crippen molar-refractivity contribution in [2.75, 3.05) is 5.75 Å². The molecule has 0 N–H and O–H groups in total. The van der Waals surface area contributed by atoms with Gasteiger partial charge in [0.1, 0.15) is 17.3 Å². The van der Waals surface area contributed by atoms with E-state index in [1.807, 2.05) is 24.3 Å². The summed E-state index contributed by atoms with van der Waals surface area (Å²) < 4.78 is 43.2. The van der Waals surface area contributed by atoms with Crippen LogP contribution in [0.25, 0.3) is 0 Å². The number of Topliss-reactive ketones (excluding diaryl/α,β-unsaturated/α-hetero) is 1. The van der Waals surface area contributed by atoms with Gasteiger partial charge in [0.05, 0.1) is 15.7 Å². The van der Waals surface area contributed by atoms with Crippen molar-refractivity contribution in [3.63, 3.8) is 0 Å². The Labute approximate surface area is 211 Å². The summed E-state index contributed by atoms with van der Waals surface area (Å²) in [6, 6.07) is 18.1. The number of benzene rings is 3. The van der Waals surface area contributed by atoms with E-state index in [-0.39, 0.29) is 34.3 Å². The van der Waals surface area contributed by atoms with Gasteiger partial charge in [0, 0.05) is 24.5 Å². The summed E-state index contributed by atoms with van der Waals surface area (Å²) >= 11 is 5.70. The first-order chi connectivity index (χ1) is 16.5. The molecular formula is C28H26ClFO4S. The van der Waals surface area contributed by atoms with E-state index >= 15 is 0 Å². The Hall–Kier alpha value is -3.14. The van der Waals surface area contributed by atoms with Crippen LogP contribution in [0.5, 0.6) is 5.75 Å². The quantitative estimate of drug-likeness (QED) is 0.356. The average Bonchev–Trinajstić information content (AvgIpc) is 2.81. The van der Waals surface area contributed by atoms with Crippen molar-refractivity contribution in [3.8, 4) is 17.6 Å². The summed E-state index contributed by atoms with van der Waals surface area (Å²) in [6.07, 6.45) is 0.490. The van der Waals surface area contributed by atoms with E-state index in [9.17, 15) is 17.6 Å². The Bertz CT molecular complexity index is 1370. The normalized spacial score (nSPS) is 11.5. The summed E-state index contributed by atoms with van der Waals surface area (Å²) in [4.78, 5) is 12.7. The third kappa shape index (κ3) is 7.68. The van der Waals surface area contributed by atoms with Crippen LogP contribution in [-0.2, 0) is 27.5 Å². The molecule has 0 bridgehead atoms. The van der Waals surface area contributed by atoms with Crippen molar-refractivity contribution >= 4 is 27.2 Å². The monoisotopic (exact) mass is 512 g/mol. The standard InChI is InChI=1S/C28H26ClFO4S/c1-4-35(32,33)25-12-9-22(10-13-25)18-23(31)17-21-7-5-20(6-8-21)15-16-28(2,3)34-24-11-14-26(29)27(30)19-24/h5-14,19H,4,17-18H2,1-3H3. The molecule has 0 spiro atoms. The molecule has 0 saturated heterocycles. The number of rotatable bonds is 8. The summed E-state index contributed by atoms with van der Waals surface area (Å²) in [6.45, 7) is 5.16. The molecule has 0 aliphatic rings. The van der Waals surface area contributed by atoms with Crippen molar-refractivity contribution in [1.29, 1.82) is 0 Å². The smallest absolute Gasteiger partial charge is 0.178 e. The van der Waals surface area contributed by atoms with Gasteiger partial charge in [-0.25, -0.2) is 12.8 Å². The Morgan fingerprint density at radius 1 is 0.971 bits per heavy atom. The molecule has 3 aromatic carbocycles. The minimum absolute atomic E-state index is 0.0275. The zero-order valence-electron chi connectivity index (χ0n) is 19.8. The van der Waals surface area contributed by atoms with Gasteiger partial charge in [0.2, 0.25) is 0 Å². The second-order valence-electron chi connectivity index (χ2n) is 8.57. The van der Waals surface area contributed by atoms with E-state index in [1.165, 1.54) is 12.1 Å². The highest BCUT2D eigenvalue weighted by atomic mass is 35.5. The molecule has 0 atom stereocenters. The van der Waals surface area contributed by atoms with Crippen molar-refractivity contribution in [2.24, 2.45) is 0 Å². The Balaban J connectivity index is 1.58. The van der Waals surface area contributed by atoms with E-state index in [0.717, 1.165) is 16.7 Å². The number of ketones is 1. The zero-order valence-corrected chi connectivity index (χ0v) is 21.3. The molecule has 35 heavy (non-hydrogen) atoms. The molecule has 0 aromatic heterocycles. The predicted molar refractivity (Wildman–Crippen MR) is 136 cm³/mol. The largest absolute Gasteiger partial charge is 0.475 e. The van der Waals surface area contributed by atoms with Gasteiger partial charge < -0.3 is 4.74 Å². The maximum atomic E-state index is 13.6. The van der Waals surface area contributed by atoms with Gasteiger partial charge in [-0.3, -0.25) is 4.79 Å². The maximum absolute atomic E-state index is 13.6. The van der Waals surface area contributed by atoms with E-state index in [1.54, 1.807) is 51.1 Å². The molecule has 0 radical (unpaired) electrons. The molecular weight excluding hydrogens is 487 g/mol. The van der Waals surface area contributed by atoms with Crippen molar-refractivity contribution in [2.45, 2.75) is 44.1 Å². The molecule has 0 amide bonds. The highest BCUT2D eigenvalue weighted by Gasteiger charge is 2.17. The van der Waals surface area contributed by atoms with Crippen LogP contribution in [0.2, 0.25) is 5.02 Å².